The van der Waals surface area contributed by atoms with Gasteiger partial charge in [-0.3, -0.25) is 0 Å². The van der Waals surface area contributed by atoms with Gasteiger partial charge in [0, 0.05) is 22.6 Å². The van der Waals surface area contributed by atoms with E-state index in [1.54, 1.807) is 12.1 Å². The predicted molar refractivity (Wildman–Crippen MR) is 68.4 cm³/mol. The highest BCUT2D eigenvalue weighted by molar-refractivity contribution is 9.10. The highest BCUT2D eigenvalue weighted by Crippen LogP contribution is 2.21. The quantitative estimate of drug-likeness (QED) is 0.759. The molecule has 5 heteroatoms. The fourth-order valence-electron chi connectivity index (χ4n) is 1.47. The maximum absolute atomic E-state index is 13.5. The van der Waals surface area contributed by atoms with Crippen molar-refractivity contribution in [2.24, 2.45) is 0 Å². The molecular formula is C12H17BrFNO2. The first-order valence-electron chi connectivity index (χ1n) is 5.52. The van der Waals surface area contributed by atoms with Gasteiger partial charge in [0.2, 0.25) is 0 Å². The number of aliphatic hydroxyl groups excluding tert-OH is 1. The van der Waals surface area contributed by atoms with E-state index in [9.17, 15) is 4.39 Å². The summed E-state index contributed by atoms with van der Waals surface area (Å²) >= 11 is 3.32. The third-order valence-electron chi connectivity index (χ3n) is 2.36. The van der Waals surface area contributed by atoms with Crippen molar-refractivity contribution in [3.63, 3.8) is 0 Å². The number of hydrogen-bond acceptors (Lipinski definition) is 3. The second-order valence-corrected chi connectivity index (χ2v) is 4.59. The van der Waals surface area contributed by atoms with Gasteiger partial charge in [-0.1, -0.05) is 15.9 Å². The molecule has 0 saturated heterocycles. The summed E-state index contributed by atoms with van der Waals surface area (Å²) < 4.78 is 19.5. The molecule has 0 fully saturated rings. The van der Waals surface area contributed by atoms with Crippen LogP contribution < -0.4 is 5.32 Å². The van der Waals surface area contributed by atoms with E-state index in [4.69, 9.17) is 9.84 Å². The average molecular weight is 306 g/mol. The molecule has 0 aliphatic heterocycles. The van der Waals surface area contributed by atoms with Crippen LogP contribution >= 0.6 is 15.9 Å². The SMILES string of the molecule is CC(NCCOCCO)c1cc(Br)ccc1F. The molecule has 0 saturated carbocycles. The highest BCUT2D eigenvalue weighted by Gasteiger charge is 2.10. The third kappa shape index (κ3) is 5.12. The van der Waals surface area contributed by atoms with Crippen LogP contribution in [0.25, 0.3) is 0 Å². The molecule has 3 nitrogen and oxygen atoms in total. The monoisotopic (exact) mass is 305 g/mol. The molecule has 1 rings (SSSR count). The number of ether oxygens (including phenoxy) is 1. The molecule has 1 aromatic carbocycles. The maximum Gasteiger partial charge on any atom is 0.128 e. The summed E-state index contributed by atoms with van der Waals surface area (Å²) in [6.45, 7) is 3.38. The Bertz CT molecular complexity index is 349. The molecule has 0 heterocycles. The minimum Gasteiger partial charge on any atom is -0.394 e. The van der Waals surface area contributed by atoms with E-state index in [-0.39, 0.29) is 18.5 Å². The van der Waals surface area contributed by atoms with E-state index in [2.05, 4.69) is 21.2 Å². The lowest BCUT2D eigenvalue weighted by molar-refractivity contribution is 0.0928. The minimum absolute atomic E-state index is 0.0236. The van der Waals surface area contributed by atoms with E-state index in [1.807, 2.05) is 6.92 Å². The molecule has 2 N–H and O–H groups in total. The van der Waals surface area contributed by atoms with E-state index in [0.717, 1.165) is 4.47 Å². The van der Waals surface area contributed by atoms with Crippen LogP contribution in [-0.2, 0) is 4.74 Å². The van der Waals surface area contributed by atoms with E-state index >= 15 is 0 Å². The standard InChI is InChI=1S/C12H17BrFNO2/c1-9(15-4-6-17-7-5-16)11-8-10(13)2-3-12(11)14/h2-3,8-9,15-16H,4-7H2,1H3. The fourth-order valence-corrected chi connectivity index (χ4v) is 1.85. The Hall–Kier alpha value is -0.490. The number of nitrogens with one attached hydrogen (secondary N) is 1. The first-order chi connectivity index (χ1) is 8.15. The van der Waals surface area contributed by atoms with Crippen LogP contribution in [0.15, 0.2) is 22.7 Å². The van der Waals surface area contributed by atoms with Gasteiger partial charge in [0.1, 0.15) is 5.82 Å². The zero-order valence-electron chi connectivity index (χ0n) is 9.75. The fraction of sp³-hybridized carbons (Fsp3) is 0.500. The van der Waals surface area contributed by atoms with Crippen LogP contribution in [0.2, 0.25) is 0 Å². The van der Waals surface area contributed by atoms with Crippen molar-refractivity contribution in [1.29, 1.82) is 0 Å². The first-order valence-corrected chi connectivity index (χ1v) is 6.31. The van der Waals surface area contributed by atoms with Crippen molar-refractivity contribution < 1.29 is 14.2 Å². The molecule has 0 aliphatic rings. The van der Waals surface area contributed by atoms with Gasteiger partial charge in [-0.05, 0) is 25.1 Å². The Morgan fingerprint density at radius 2 is 2.24 bits per heavy atom. The van der Waals surface area contributed by atoms with Crippen molar-refractivity contribution >= 4 is 15.9 Å². The summed E-state index contributed by atoms with van der Waals surface area (Å²) in [6, 6.07) is 4.81. The van der Waals surface area contributed by atoms with Crippen molar-refractivity contribution in [2.75, 3.05) is 26.4 Å². The maximum atomic E-state index is 13.5. The average Bonchev–Trinajstić information content (AvgIpc) is 2.32. The summed E-state index contributed by atoms with van der Waals surface area (Å²) in [7, 11) is 0. The van der Waals surface area contributed by atoms with Crippen molar-refractivity contribution in [3.05, 3.63) is 34.1 Å². The summed E-state index contributed by atoms with van der Waals surface area (Å²) in [5, 5.41) is 11.7. The lowest BCUT2D eigenvalue weighted by Crippen LogP contribution is -2.24. The summed E-state index contributed by atoms with van der Waals surface area (Å²) in [6.07, 6.45) is 0. The Morgan fingerprint density at radius 1 is 1.47 bits per heavy atom. The first kappa shape index (κ1) is 14.6. The molecule has 0 bridgehead atoms. The van der Waals surface area contributed by atoms with E-state index < -0.39 is 0 Å². The van der Waals surface area contributed by atoms with E-state index in [0.29, 0.717) is 25.3 Å². The minimum atomic E-state index is -0.218. The lowest BCUT2D eigenvalue weighted by Gasteiger charge is -2.15. The molecule has 0 spiro atoms. The van der Waals surface area contributed by atoms with Gasteiger partial charge < -0.3 is 15.2 Å². The van der Waals surface area contributed by atoms with E-state index in [1.165, 1.54) is 6.07 Å². The van der Waals surface area contributed by atoms with Gasteiger partial charge in [0.15, 0.2) is 0 Å². The van der Waals surface area contributed by atoms with Gasteiger partial charge in [0.05, 0.1) is 19.8 Å². The van der Waals surface area contributed by atoms with Crippen LogP contribution in [0.4, 0.5) is 4.39 Å². The smallest absolute Gasteiger partial charge is 0.128 e. The topological polar surface area (TPSA) is 41.5 Å². The molecule has 1 atom stereocenters. The van der Waals surface area contributed by atoms with Gasteiger partial charge in [-0.25, -0.2) is 4.39 Å². The second kappa shape index (κ2) is 7.76. The number of hydrogen-bond donors (Lipinski definition) is 2. The van der Waals surface area contributed by atoms with Crippen LogP contribution in [-0.4, -0.2) is 31.5 Å². The third-order valence-corrected chi connectivity index (χ3v) is 2.85. The Kier molecular flexibility index (Phi) is 6.65. The highest BCUT2D eigenvalue weighted by atomic mass is 79.9. The van der Waals surface area contributed by atoms with Gasteiger partial charge in [0.25, 0.3) is 0 Å². The molecule has 0 amide bonds. The van der Waals surface area contributed by atoms with Crippen LogP contribution in [0.3, 0.4) is 0 Å². The molecule has 17 heavy (non-hydrogen) atoms. The molecule has 1 unspecified atom stereocenters. The Morgan fingerprint density at radius 3 is 2.94 bits per heavy atom. The van der Waals surface area contributed by atoms with Gasteiger partial charge >= 0.3 is 0 Å². The molecule has 0 aliphatic carbocycles. The number of benzene rings is 1. The summed E-state index contributed by atoms with van der Waals surface area (Å²) in [5.41, 5.74) is 0.626. The van der Waals surface area contributed by atoms with Gasteiger partial charge in [-0.15, -0.1) is 0 Å². The zero-order chi connectivity index (χ0) is 12.7. The van der Waals surface area contributed by atoms with Crippen LogP contribution in [0.1, 0.15) is 18.5 Å². The predicted octanol–water partition coefficient (Wildman–Crippen LogP) is 2.25. The van der Waals surface area contributed by atoms with Crippen molar-refractivity contribution in [1.82, 2.24) is 5.32 Å². The normalized spacial score (nSPS) is 12.7. The summed E-state index contributed by atoms with van der Waals surface area (Å²) in [5.74, 6) is -0.218. The summed E-state index contributed by atoms with van der Waals surface area (Å²) in [4.78, 5) is 0. The molecular weight excluding hydrogens is 289 g/mol. The largest absolute Gasteiger partial charge is 0.394 e. The zero-order valence-corrected chi connectivity index (χ0v) is 11.3. The lowest BCUT2D eigenvalue weighted by atomic mass is 10.1. The van der Waals surface area contributed by atoms with Crippen LogP contribution in [0, 0.1) is 5.82 Å². The number of halogens is 2. The molecule has 96 valence electrons. The number of rotatable bonds is 7. The number of aliphatic hydroxyl groups is 1. The van der Waals surface area contributed by atoms with Gasteiger partial charge in [-0.2, -0.15) is 0 Å². The van der Waals surface area contributed by atoms with Crippen molar-refractivity contribution in [3.8, 4) is 0 Å². The van der Waals surface area contributed by atoms with Crippen LogP contribution in [0.5, 0.6) is 0 Å². The molecule has 0 aromatic heterocycles. The Balaban J connectivity index is 2.41. The van der Waals surface area contributed by atoms with Crippen molar-refractivity contribution in [2.45, 2.75) is 13.0 Å². The second-order valence-electron chi connectivity index (χ2n) is 3.68. The molecule has 1 aromatic rings. The Labute approximate surface area is 109 Å². The molecule has 0 radical (unpaired) electrons.